The third-order valence-corrected chi connectivity index (χ3v) is 3.01. The number of hydrogen-bond acceptors (Lipinski definition) is 3. The molecule has 0 N–H and O–H groups in total. The van der Waals surface area contributed by atoms with Gasteiger partial charge in [-0.2, -0.15) is 0 Å². The number of ether oxygens (including phenoxy) is 1. The quantitative estimate of drug-likeness (QED) is 0.581. The lowest BCUT2D eigenvalue weighted by Gasteiger charge is -2.14. The van der Waals surface area contributed by atoms with Gasteiger partial charge in [-0.1, -0.05) is 24.6 Å². The lowest BCUT2D eigenvalue weighted by molar-refractivity contribution is -0.127. The summed E-state index contributed by atoms with van der Waals surface area (Å²) in [6.07, 6.45) is 3.58. The van der Waals surface area contributed by atoms with Crippen LogP contribution in [0, 0.1) is 0 Å². The van der Waals surface area contributed by atoms with Gasteiger partial charge in [-0.05, 0) is 31.4 Å². The fraction of sp³-hybridized carbons (Fsp3) is 0.429. The molecule has 0 unspecified atom stereocenters. The lowest BCUT2D eigenvalue weighted by atomic mass is 10.1. The molecule has 90 valence electrons. The van der Waals surface area contributed by atoms with Crippen molar-refractivity contribution in [3.05, 3.63) is 35.9 Å². The van der Waals surface area contributed by atoms with Gasteiger partial charge in [0, 0.05) is 6.42 Å². The molecule has 1 aliphatic rings. The first-order valence-electron chi connectivity index (χ1n) is 6.06. The van der Waals surface area contributed by atoms with Gasteiger partial charge in [-0.25, -0.2) is 4.79 Å². The summed E-state index contributed by atoms with van der Waals surface area (Å²) in [7, 11) is 0. The van der Waals surface area contributed by atoms with E-state index < -0.39 is 12.1 Å². The normalized spacial score (nSPS) is 20.7. The molecule has 1 saturated carbocycles. The highest BCUT2D eigenvalue weighted by atomic mass is 16.5. The molecule has 1 aliphatic carbocycles. The van der Waals surface area contributed by atoms with E-state index in [0.717, 1.165) is 19.3 Å². The maximum absolute atomic E-state index is 11.8. The average Bonchev–Trinajstić information content (AvgIpc) is 2.56. The number of Topliss-reactive ketones (excluding diaryl/α,β-unsaturated/α-hetero) is 1. The van der Waals surface area contributed by atoms with Crippen molar-refractivity contribution in [3.8, 4) is 0 Å². The van der Waals surface area contributed by atoms with Crippen LogP contribution < -0.4 is 0 Å². The van der Waals surface area contributed by atoms with Crippen LogP contribution in [0.15, 0.2) is 30.3 Å². The topological polar surface area (TPSA) is 43.4 Å². The second-order valence-electron chi connectivity index (χ2n) is 4.33. The number of esters is 1. The molecule has 0 radical (unpaired) electrons. The largest absolute Gasteiger partial charge is 0.451 e. The average molecular weight is 232 g/mol. The van der Waals surface area contributed by atoms with Crippen molar-refractivity contribution in [2.45, 2.75) is 38.2 Å². The summed E-state index contributed by atoms with van der Waals surface area (Å²) in [6, 6.07) is 8.80. The van der Waals surface area contributed by atoms with E-state index in [1.54, 1.807) is 24.3 Å². The Bertz CT molecular complexity index is 397. The van der Waals surface area contributed by atoms with Gasteiger partial charge in [-0.15, -0.1) is 0 Å². The predicted molar refractivity (Wildman–Crippen MR) is 63.7 cm³/mol. The number of carbonyl (C=O) groups excluding carboxylic acids is 2. The van der Waals surface area contributed by atoms with Gasteiger partial charge in [0.1, 0.15) is 0 Å². The molecular formula is C14H16O3. The third-order valence-electron chi connectivity index (χ3n) is 3.01. The summed E-state index contributed by atoms with van der Waals surface area (Å²) < 4.78 is 5.28. The van der Waals surface area contributed by atoms with E-state index in [-0.39, 0.29) is 5.78 Å². The van der Waals surface area contributed by atoms with Gasteiger partial charge < -0.3 is 4.74 Å². The van der Waals surface area contributed by atoms with Crippen molar-refractivity contribution >= 4 is 11.8 Å². The van der Waals surface area contributed by atoms with Crippen molar-refractivity contribution in [1.82, 2.24) is 0 Å². The minimum atomic E-state index is -0.537. The molecule has 0 bridgehead atoms. The van der Waals surface area contributed by atoms with Crippen molar-refractivity contribution in [3.63, 3.8) is 0 Å². The summed E-state index contributed by atoms with van der Waals surface area (Å²) in [5, 5.41) is 0. The molecule has 0 aliphatic heterocycles. The monoisotopic (exact) mass is 232 g/mol. The van der Waals surface area contributed by atoms with Gasteiger partial charge in [0.15, 0.2) is 11.9 Å². The fourth-order valence-corrected chi connectivity index (χ4v) is 2.02. The zero-order valence-electron chi connectivity index (χ0n) is 9.72. The highest BCUT2D eigenvalue weighted by molar-refractivity contribution is 5.92. The predicted octanol–water partition coefficient (Wildman–Crippen LogP) is 2.75. The molecule has 17 heavy (non-hydrogen) atoms. The van der Waals surface area contributed by atoms with Gasteiger partial charge in [0.2, 0.25) is 0 Å². The van der Waals surface area contributed by atoms with Crippen molar-refractivity contribution < 1.29 is 14.3 Å². The molecule has 0 spiro atoms. The second kappa shape index (κ2) is 5.62. The summed E-state index contributed by atoms with van der Waals surface area (Å²) >= 11 is 0. The molecule has 1 aromatic rings. The van der Waals surface area contributed by atoms with Gasteiger partial charge in [0.25, 0.3) is 0 Å². The van der Waals surface area contributed by atoms with Crippen molar-refractivity contribution in [2.75, 3.05) is 0 Å². The van der Waals surface area contributed by atoms with Crippen LogP contribution >= 0.6 is 0 Å². The van der Waals surface area contributed by atoms with Crippen molar-refractivity contribution in [1.29, 1.82) is 0 Å². The Kier molecular flexibility index (Phi) is 3.91. The van der Waals surface area contributed by atoms with Crippen LogP contribution in [0.1, 0.15) is 42.5 Å². The Hall–Kier alpha value is -1.64. The minimum absolute atomic E-state index is 0.0618. The Balaban J connectivity index is 2.00. The highest BCUT2D eigenvalue weighted by Gasteiger charge is 2.24. The van der Waals surface area contributed by atoms with Gasteiger partial charge in [-0.3, -0.25) is 4.79 Å². The van der Waals surface area contributed by atoms with Crippen LogP contribution in [0.5, 0.6) is 0 Å². The zero-order chi connectivity index (χ0) is 12.1. The first-order chi connectivity index (χ1) is 8.27. The van der Waals surface area contributed by atoms with Crippen LogP contribution in [0.3, 0.4) is 0 Å². The molecule has 0 saturated heterocycles. The molecule has 1 atom stereocenters. The molecule has 1 fully saturated rings. The summed E-state index contributed by atoms with van der Waals surface area (Å²) in [4.78, 5) is 23.5. The maximum atomic E-state index is 11.8. The smallest absolute Gasteiger partial charge is 0.338 e. The molecule has 0 aromatic heterocycles. The SMILES string of the molecule is O=C(O[C@@H]1CCCCCC1=O)c1ccccc1. The second-order valence-corrected chi connectivity index (χ2v) is 4.33. The van der Waals surface area contributed by atoms with E-state index in [2.05, 4.69) is 0 Å². The summed E-state index contributed by atoms with van der Waals surface area (Å²) in [5.74, 6) is -0.336. The van der Waals surface area contributed by atoms with Gasteiger partial charge >= 0.3 is 5.97 Å². The number of benzene rings is 1. The van der Waals surface area contributed by atoms with Crippen LogP contribution in [0.2, 0.25) is 0 Å². The first-order valence-corrected chi connectivity index (χ1v) is 6.06. The standard InChI is InChI=1S/C14H16O3/c15-12-9-5-2-6-10-13(12)17-14(16)11-7-3-1-4-8-11/h1,3-4,7-8,13H,2,5-6,9-10H2/t13-/m1/s1. The Morgan fingerprint density at radius 3 is 2.65 bits per heavy atom. The summed E-state index contributed by atoms with van der Waals surface area (Å²) in [6.45, 7) is 0. The Morgan fingerprint density at radius 2 is 1.88 bits per heavy atom. The Morgan fingerprint density at radius 1 is 1.12 bits per heavy atom. The number of ketones is 1. The molecule has 2 rings (SSSR count). The lowest BCUT2D eigenvalue weighted by Crippen LogP contribution is -2.26. The molecule has 1 aromatic carbocycles. The van der Waals surface area contributed by atoms with E-state index in [9.17, 15) is 9.59 Å². The molecule has 0 amide bonds. The fourth-order valence-electron chi connectivity index (χ4n) is 2.02. The molecule has 0 heterocycles. The molecular weight excluding hydrogens is 216 g/mol. The minimum Gasteiger partial charge on any atom is -0.451 e. The number of carbonyl (C=O) groups is 2. The van der Waals surface area contributed by atoms with Crippen molar-refractivity contribution in [2.24, 2.45) is 0 Å². The Labute approximate surface area is 101 Å². The van der Waals surface area contributed by atoms with Crippen LogP contribution in [-0.2, 0) is 9.53 Å². The molecule has 3 heteroatoms. The van der Waals surface area contributed by atoms with E-state index >= 15 is 0 Å². The zero-order valence-corrected chi connectivity index (χ0v) is 9.72. The van der Waals surface area contributed by atoms with E-state index in [4.69, 9.17) is 4.74 Å². The third kappa shape index (κ3) is 3.16. The van der Waals surface area contributed by atoms with Gasteiger partial charge in [0.05, 0.1) is 5.56 Å². The number of rotatable bonds is 2. The summed E-state index contributed by atoms with van der Waals surface area (Å²) in [5.41, 5.74) is 0.504. The molecule has 3 nitrogen and oxygen atoms in total. The van der Waals surface area contributed by atoms with Crippen LogP contribution in [0.25, 0.3) is 0 Å². The van der Waals surface area contributed by atoms with E-state index in [1.807, 2.05) is 6.07 Å². The maximum Gasteiger partial charge on any atom is 0.338 e. The van der Waals surface area contributed by atoms with Crippen LogP contribution in [0.4, 0.5) is 0 Å². The van der Waals surface area contributed by atoms with E-state index in [1.165, 1.54) is 0 Å². The number of hydrogen-bond donors (Lipinski definition) is 0. The van der Waals surface area contributed by atoms with E-state index in [0.29, 0.717) is 18.4 Å². The van der Waals surface area contributed by atoms with Crippen LogP contribution in [-0.4, -0.2) is 17.9 Å². The highest BCUT2D eigenvalue weighted by Crippen LogP contribution is 2.18. The first kappa shape index (κ1) is 11.8.